The van der Waals surface area contributed by atoms with Crippen molar-refractivity contribution in [3.05, 3.63) is 0 Å². The van der Waals surface area contributed by atoms with Gasteiger partial charge in [-0.25, -0.2) is 0 Å². The third kappa shape index (κ3) is 2.62. The summed E-state index contributed by atoms with van der Waals surface area (Å²) in [5.41, 5.74) is 0. The molecule has 2 N–H and O–H groups in total. The molecule has 0 aromatic heterocycles. The molecule has 21 heavy (non-hydrogen) atoms. The molecular weight excluding hydrogens is 343 g/mol. The summed E-state index contributed by atoms with van der Waals surface area (Å²) in [6, 6.07) is 0. The molecule has 1 amide bonds. The lowest BCUT2D eigenvalue weighted by Gasteiger charge is -2.38. The molecule has 0 saturated carbocycles. The van der Waals surface area contributed by atoms with E-state index in [0.29, 0.717) is 0 Å². The van der Waals surface area contributed by atoms with E-state index < -0.39 is 47.4 Å². The molecule has 1 aliphatic rings. The number of halogens is 9. The highest BCUT2D eigenvalue weighted by Crippen LogP contribution is 2.55. The number of rotatable bonds is 3. The van der Waals surface area contributed by atoms with Gasteiger partial charge in [0.2, 0.25) is 5.91 Å². The molecule has 122 valence electrons. The predicted molar refractivity (Wildman–Crippen MR) is 53.1 cm³/mol. The summed E-state index contributed by atoms with van der Waals surface area (Å²) in [7, 11) is 0. The number of thiocarbonyl (C=S) groups is 1. The number of hydrogen-bond acceptors (Lipinski definition) is 2. The molecule has 3 nitrogen and oxygen atoms in total. The second-order valence-corrected chi connectivity index (χ2v) is 4.43. The van der Waals surface area contributed by atoms with Gasteiger partial charge in [-0.15, -0.1) is 0 Å². The number of carbonyl (C=O) groups excluding carboxylic acids is 1. The van der Waals surface area contributed by atoms with E-state index in [1.165, 1.54) is 5.32 Å². The molecule has 1 atom stereocenters. The largest absolute Gasteiger partial charge is 0.460 e. The van der Waals surface area contributed by atoms with Gasteiger partial charge in [0.15, 0.2) is 5.11 Å². The Morgan fingerprint density at radius 3 is 1.81 bits per heavy atom. The van der Waals surface area contributed by atoms with Crippen molar-refractivity contribution in [2.45, 2.75) is 23.9 Å². The molecular formula is C8H5F9N2OS. The number of nitrogens with one attached hydrogen (secondary N) is 2. The van der Waals surface area contributed by atoms with Gasteiger partial charge in [-0.2, -0.15) is 39.5 Å². The van der Waals surface area contributed by atoms with Crippen LogP contribution in [-0.4, -0.2) is 41.5 Å². The van der Waals surface area contributed by atoms with E-state index in [-0.39, 0.29) is 0 Å². The minimum Gasteiger partial charge on any atom is -0.361 e. The van der Waals surface area contributed by atoms with Crippen LogP contribution in [0.1, 0.15) is 0 Å². The van der Waals surface area contributed by atoms with Crippen LogP contribution >= 0.6 is 12.2 Å². The van der Waals surface area contributed by atoms with Crippen molar-refractivity contribution in [1.82, 2.24) is 10.6 Å². The van der Waals surface area contributed by atoms with Crippen LogP contribution in [-0.2, 0) is 4.79 Å². The monoisotopic (exact) mass is 348 g/mol. The Kier molecular flexibility index (Phi) is 4.13. The Bertz CT molecular complexity index is 461. The minimum atomic E-state index is -7.03. The van der Waals surface area contributed by atoms with Gasteiger partial charge in [-0.1, -0.05) is 0 Å². The van der Waals surface area contributed by atoms with E-state index in [0.717, 1.165) is 0 Å². The van der Waals surface area contributed by atoms with E-state index in [4.69, 9.17) is 0 Å². The minimum absolute atomic E-state index is 0.544. The summed E-state index contributed by atoms with van der Waals surface area (Å²) in [6.45, 7) is -1.32. The van der Waals surface area contributed by atoms with Crippen molar-refractivity contribution in [3.63, 3.8) is 0 Å². The Labute approximate surface area is 115 Å². The Morgan fingerprint density at radius 2 is 1.43 bits per heavy atom. The first-order valence-electron chi connectivity index (χ1n) is 4.95. The first kappa shape index (κ1) is 17.8. The smallest absolute Gasteiger partial charge is 0.361 e. The van der Waals surface area contributed by atoms with Crippen molar-refractivity contribution < 1.29 is 44.3 Å². The Hall–Kier alpha value is -1.27. The second-order valence-electron chi connectivity index (χ2n) is 4.02. The van der Waals surface area contributed by atoms with Crippen LogP contribution < -0.4 is 10.6 Å². The highest BCUT2D eigenvalue weighted by Gasteiger charge is 2.83. The van der Waals surface area contributed by atoms with Crippen molar-refractivity contribution in [3.8, 4) is 0 Å². The summed E-state index contributed by atoms with van der Waals surface area (Å²) < 4.78 is 114. The molecule has 0 aliphatic carbocycles. The average molecular weight is 348 g/mol. The van der Waals surface area contributed by atoms with E-state index >= 15 is 0 Å². The molecule has 1 fully saturated rings. The van der Waals surface area contributed by atoms with Crippen molar-refractivity contribution in [1.29, 1.82) is 0 Å². The molecule has 13 heteroatoms. The van der Waals surface area contributed by atoms with Gasteiger partial charge < -0.3 is 10.6 Å². The number of amides is 1. The summed E-state index contributed by atoms with van der Waals surface area (Å²) in [4.78, 5) is 11.1. The summed E-state index contributed by atoms with van der Waals surface area (Å²) in [5.74, 6) is -24.9. The maximum atomic E-state index is 13.4. The van der Waals surface area contributed by atoms with Crippen LogP contribution in [0.5, 0.6) is 0 Å². The lowest BCUT2D eigenvalue weighted by atomic mass is 9.90. The zero-order valence-electron chi connectivity index (χ0n) is 9.50. The van der Waals surface area contributed by atoms with Crippen LogP contribution in [0.4, 0.5) is 39.5 Å². The van der Waals surface area contributed by atoms with Crippen molar-refractivity contribution >= 4 is 23.2 Å². The fraction of sp³-hybridized carbons (Fsp3) is 0.750. The molecule has 0 radical (unpaired) electrons. The van der Waals surface area contributed by atoms with Crippen molar-refractivity contribution in [2.24, 2.45) is 5.92 Å². The standard InChI is InChI=1S/C8H5F9N2OS/c9-5(10,2-1-18-4(21)19-3(2)20)6(11,12)7(13,14)8(15,16)17/h2H,1H2,(H2,18,19,20,21). The molecule has 0 aromatic rings. The summed E-state index contributed by atoms with van der Waals surface area (Å²) in [6.07, 6.45) is -6.92. The lowest BCUT2D eigenvalue weighted by molar-refractivity contribution is -0.400. The lowest BCUT2D eigenvalue weighted by Crippen LogP contribution is -2.68. The van der Waals surface area contributed by atoms with Crippen LogP contribution in [0.2, 0.25) is 0 Å². The number of hydrogen-bond donors (Lipinski definition) is 2. The van der Waals surface area contributed by atoms with Gasteiger partial charge in [0.05, 0.1) is 0 Å². The Morgan fingerprint density at radius 1 is 0.952 bits per heavy atom. The van der Waals surface area contributed by atoms with Gasteiger partial charge in [0, 0.05) is 6.54 Å². The zero-order valence-corrected chi connectivity index (χ0v) is 10.3. The van der Waals surface area contributed by atoms with E-state index in [1.807, 2.05) is 0 Å². The average Bonchev–Trinajstić information content (AvgIpc) is 2.26. The van der Waals surface area contributed by atoms with Crippen LogP contribution in [0.15, 0.2) is 0 Å². The maximum absolute atomic E-state index is 13.4. The van der Waals surface area contributed by atoms with Gasteiger partial charge in [0.1, 0.15) is 5.92 Å². The quantitative estimate of drug-likeness (QED) is 0.606. The molecule has 1 saturated heterocycles. The van der Waals surface area contributed by atoms with Crippen LogP contribution in [0.3, 0.4) is 0 Å². The van der Waals surface area contributed by atoms with Crippen LogP contribution in [0.25, 0.3) is 0 Å². The van der Waals surface area contributed by atoms with Crippen molar-refractivity contribution in [2.75, 3.05) is 6.54 Å². The molecule has 1 heterocycles. The maximum Gasteiger partial charge on any atom is 0.460 e. The number of carbonyl (C=O) groups is 1. The van der Waals surface area contributed by atoms with Gasteiger partial charge in [-0.05, 0) is 12.2 Å². The second kappa shape index (κ2) is 4.88. The third-order valence-corrected chi connectivity index (χ3v) is 2.87. The zero-order chi connectivity index (χ0) is 16.9. The number of alkyl halides is 9. The summed E-state index contributed by atoms with van der Waals surface area (Å²) >= 11 is 4.28. The highest BCUT2D eigenvalue weighted by atomic mass is 32.1. The van der Waals surface area contributed by atoms with E-state index in [2.05, 4.69) is 12.2 Å². The molecule has 1 aliphatic heterocycles. The molecule has 1 unspecified atom stereocenters. The fourth-order valence-corrected chi connectivity index (χ4v) is 1.61. The fourth-order valence-electron chi connectivity index (χ4n) is 1.43. The first-order chi connectivity index (χ1) is 9.16. The Balaban J connectivity index is 3.22. The highest BCUT2D eigenvalue weighted by molar-refractivity contribution is 7.80. The summed E-state index contributed by atoms with van der Waals surface area (Å²) in [5, 5.41) is 2.69. The van der Waals surface area contributed by atoms with Gasteiger partial charge >= 0.3 is 23.9 Å². The SMILES string of the molecule is O=C1NC(=S)NCC1C(F)(F)C(F)(F)C(F)(F)C(F)(F)F. The normalized spacial score (nSPS) is 21.9. The van der Waals surface area contributed by atoms with Crippen LogP contribution in [0, 0.1) is 5.92 Å². The topological polar surface area (TPSA) is 41.1 Å². The third-order valence-electron chi connectivity index (χ3n) is 2.63. The first-order valence-corrected chi connectivity index (χ1v) is 5.36. The molecule has 0 aromatic carbocycles. The predicted octanol–water partition coefficient (Wildman–Crippen LogP) is 2.08. The van der Waals surface area contributed by atoms with E-state index in [9.17, 15) is 44.3 Å². The van der Waals surface area contributed by atoms with E-state index in [1.54, 1.807) is 5.32 Å². The van der Waals surface area contributed by atoms with Gasteiger partial charge in [0.25, 0.3) is 0 Å². The molecule has 0 spiro atoms. The molecule has 1 rings (SSSR count). The molecule has 0 bridgehead atoms. The van der Waals surface area contributed by atoms with Gasteiger partial charge in [-0.3, -0.25) is 4.79 Å².